The van der Waals surface area contributed by atoms with Crippen molar-refractivity contribution < 1.29 is 14.3 Å². The zero-order valence-corrected chi connectivity index (χ0v) is 16.2. The van der Waals surface area contributed by atoms with Crippen LogP contribution in [0.25, 0.3) is 0 Å². The molecule has 0 radical (unpaired) electrons. The Kier molecular flexibility index (Phi) is 7.94. The van der Waals surface area contributed by atoms with Gasteiger partial charge in [-0.15, -0.1) is 6.58 Å². The Balaban J connectivity index is 1.90. The fourth-order valence-corrected chi connectivity index (χ4v) is 3.16. The van der Waals surface area contributed by atoms with E-state index in [1.807, 2.05) is 6.07 Å². The van der Waals surface area contributed by atoms with Crippen LogP contribution in [0, 0.1) is 0 Å². The molecule has 6 heteroatoms. The molecule has 0 bridgehead atoms. The van der Waals surface area contributed by atoms with Gasteiger partial charge in [0.2, 0.25) is 0 Å². The number of methoxy groups -OCH3 is 2. The highest BCUT2D eigenvalue weighted by molar-refractivity contribution is 5.95. The summed E-state index contributed by atoms with van der Waals surface area (Å²) in [5, 5.41) is 3.01. The first-order chi connectivity index (χ1) is 12.6. The Morgan fingerprint density at radius 1 is 1.23 bits per heavy atom. The number of hydrogen-bond acceptors (Lipinski definition) is 5. The van der Waals surface area contributed by atoms with Gasteiger partial charge in [-0.2, -0.15) is 0 Å². The molecule has 1 heterocycles. The quantitative estimate of drug-likeness (QED) is 0.537. The number of ether oxygens (including phenoxy) is 2. The van der Waals surface area contributed by atoms with Gasteiger partial charge in [0.05, 0.1) is 14.2 Å². The molecule has 1 aromatic rings. The summed E-state index contributed by atoms with van der Waals surface area (Å²) in [6, 6.07) is 3.57. The van der Waals surface area contributed by atoms with Gasteiger partial charge in [0.25, 0.3) is 5.91 Å². The monoisotopic (exact) mass is 361 g/mol. The summed E-state index contributed by atoms with van der Waals surface area (Å²) in [5.74, 6) is 1.13. The Morgan fingerprint density at radius 3 is 2.58 bits per heavy atom. The van der Waals surface area contributed by atoms with Gasteiger partial charge in [-0.05, 0) is 38.6 Å². The fraction of sp³-hybridized carbons (Fsp3) is 0.550. The molecule has 6 nitrogen and oxygen atoms in total. The number of piperazine rings is 1. The lowest BCUT2D eigenvalue weighted by molar-refractivity contribution is 0.0949. The Labute approximate surface area is 156 Å². The molecule has 0 aromatic heterocycles. The van der Waals surface area contributed by atoms with E-state index in [2.05, 4.69) is 28.7 Å². The molecule has 1 N–H and O–H groups in total. The zero-order chi connectivity index (χ0) is 18.9. The van der Waals surface area contributed by atoms with Crippen LogP contribution >= 0.6 is 0 Å². The molecular formula is C20H31N3O3. The lowest BCUT2D eigenvalue weighted by atomic mass is 10.0. The minimum absolute atomic E-state index is 0.0883. The maximum absolute atomic E-state index is 12.5. The average Bonchev–Trinajstić information content (AvgIpc) is 2.66. The summed E-state index contributed by atoms with van der Waals surface area (Å²) in [7, 11) is 5.33. The van der Waals surface area contributed by atoms with Crippen LogP contribution in [-0.2, 0) is 6.42 Å². The largest absolute Gasteiger partial charge is 0.493 e. The van der Waals surface area contributed by atoms with Crippen molar-refractivity contribution in [3.63, 3.8) is 0 Å². The second-order valence-corrected chi connectivity index (χ2v) is 6.62. The van der Waals surface area contributed by atoms with Crippen molar-refractivity contribution in [2.45, 2.75) is 12.8 Å². The number of nitrogens with one attached hydrogen (secondary N) is 1. The molecule has 0 unspecified atom stereocenters. The summed E-state index contributed by atoms with van der Waals surface area (Å²) < 4.78 is 10.8. The zero-order valence-electron chi connectivity index (χ0n) is 16.2. The molecule has 0 saturated carbocycles. The van der Waals surface area contributed by atoms with E-state index in [9.17, 15) is 4.79 Å². The molecule has 1 aliphatic rings. The smallest absolute Gasteiger partial charge is 0.251 e. The minimum atomic E-state index is -0.0883. The second-order valence-electron chi connectivity index (χ2n) is 6.62. The van der Waals surface area contributed by atoms with E-state index in [1.54, 1.807) is 26.4 Å². The van der Waals surface area contributed by atoms with Gasteiger partial charge in [-0.25, -0.2) is 0 Å². The van der Waals surface area contributed by atoms with Crippen LogP contribution < -0.4 is 14.8 Å². The van der Waals surface area contributed by atoms with Gasteiger partial charge >= 0.3 is 0 Å². The van der Waals surface area contributed by atoms with Crippen molar-refractivity contribution in [2.75, 3.05) is 60.5 Å². The number of carbonyl (C=O) groups is 1. The predicted octanol–water partition coefficient (Wildman–Crippen LogP) is 1.80. The molecule has 1 amide bonds. The van der Waals surface area contributed by atoms with Gasteiger partial charge in [-0.1, -0.05) is 6.08 Å². The minimum Gasteiger partial charge on any atom is -0.493 e. The molecule has 0 spiro atoms. The number of likely N-dealkylation sites (N-methyl/N-ethyl adjacent to an activating group) is 1. The normalized spacial score (nSPS) is 15.5. The van der Waals surface area contributed by atoms with Crippen LogP contribution in [-0.4, -0.2) is 76.2 Å². The number of carbonyl (C=O) groups excluding carboxylic acids is 1. The van der Waals surface area contributed by atoms with Crippen LogP contribution in [0.1, 0.15) is 22.3 Å². The Bertz CT molecular complexity index is 611. The number of allylic oxidation sites excluding steroid dienone is 1. The van der Waals surface area contributed by atoms with Crippen LogP contribution in [0.2, 0.25) is 0 Å². The van der Waals surface area contributed by atoms with Crippen molar-refractivity contribution in [3.05, 3.63) is 35.9 Å². The second kappa shape index (κ2) is 10.2. The van der Waals surface area contributed by atoms with E-state index in [0.717, 1.165) is 44.7 Å². The molecule has 1 saturated heterocycles. The molecule has 0 atom stereocenters. The van der Waals surface area contributed by atoms with E-state index >= 15 is 0 Å². The number of nitrogens with zero attached hydrogens (tertiary/aromatic N) is 2. The third kappa shape index (κ3) is 5.47. The Hall–Kier alpha value is -2.05. The molecule has 2 rings (SSSR count). The van der Waals surface area contributed by atoms with Gasteiger partial charge in [0.15, 0.2) is 11.5 Å². The topological polar surface area (TPSA) is 54.0 Å². The first kappa shape index (κ1) is 20.3. The molecule has 1 aliphatic heterocycles. The number of amides is 1. The van der Waals surface area contributed by atoms with Gasteiger partial charge in [-0.3, -0.25) is 4.79 Å². The molecule has 26 heavy (non-hydrogen) atoms. The maximum atomic E-state index is 12.5. The SMILES string of the molecule is C=CCc1cc(C(=O)NCCCN2CCN(C)CC2)cc(OC)c1OC. The highest BCUT2D eigenvalue weighted by Gasteiger charge is 2.16. The summed E-state index contributed by atoms with van der Waals surface area (Å²) in [4.78, 5) is 17.3. The summed E-state index contributed by atoms with van der Waals surface area (Å²) in [6.07, 6.45) is 3.35. The van der Waals surface area contributed by atoms with Crippen LogP contribution in [0.3, 0.4) is 0 Å². The van der Waals surface area contributed by atoms with E-state index in [0.29, 0.717) is 30.0 Å². The van der Waals surface area contributed by atoms with E-state index in [4.69, 9.17) is 9.47 Å². The van der Waals surface area contributed by atoms with E-state index in [-0.39, 0.29) is 5.91 Å². The number of rotatable bonds is 9. The standard InChI is InChI=1S/C20H31N3O3/c1-5-7-16-14-17(15-18(25-3)19(16)26-4)20(24)21-8-6-9-23-12-10-22(2)11-13-23/h5,14-15H,1,6-13H2,2-4H3,(H,21,24). The third-order valence-corrected chi connectivity index (χ3v) is 4.71. The van der Waals surface area contributed by atoms with Gasteiger partial charge in [0, 0.05) is 43.9 Å². The number of hydrogen-bond donors (Lipinski definition) is 1. The summed E-state index contributed by atoms with van der Waals surface area (Å²) in [6.45, 7) is 9.88. The van der Waals surface area contributed by atoms with Crippen molar-refractivity contribution in [1.82, 2.24) is 15.1 Å². The van der Waals surface area contributed by atoms with Crippen LogP contribution in [0.5, 0.6) is 11.5 Å². The first-order valence-electron chi connectivity index (χ1n) is 9.14. The van der Waals surface area contributed by atoms with Gasteiger partial charge in [0.1, 0.15) is 0 Å². The van der Waals surface area contributed by atoms with E-state index in [1.165, 1.54) is 0 Å². The van der Waals surface area contributed by atoms with Crippen molar-refractivity contribution in [1.29, 1.82) is 0 Å². The van der Waals surface area contributed by atoms with Crippen LogP contribution in [0.4, 0.5) is 0 Å². The molecule has 0 aliphatic carbocycles. The molecule has 1 aromatic carbocycles. The average molecular weight is 361 g/mol. The molecule has 144 valence electrons. The van der Waals surface area contributed by atoms with E-state index < -0.39 is 0 Å². The lowest BCUT2D eigenvalue weighted by Gasteiger charge is -2.32. The van der Waals surface area contributed by atoms with Crippen molar-refractivity contribution >= 4 is 5.91 Å². The highest BCUT2D eigenvalue weighted by atomic mass is 16.5. The predicted molar refractivity (Wildman–Crippen MR) is 104 cm³/mol. The lowest BCUT2D eigenvalue weighted by Crippen LogP contribution is -2.45. The molecule has 1 fully saturated rings. The van der Waals surface area contributed by atoms with Gasteiger partial charge < -0.3 is 24.6 Å². The first-order valence-corrected chi connectivity index (χ1v) is 9.14. The van der Waals surface area contributed by atoms with Crippen molar-refractivity contribution in [3.8, 4) is 11.5 Å². The van der Waals surface area contributed by atoms with Crippen LogP contribution in [0.15, 0.2) is 24.8 Å². The highest BCUT2D eigenvalue weighted by Crippen LogP contribution is 2.33. The third-order valence-electron chi connectivity index (χ3n) is 4.71. The Morgan fingerprint density at radius 2 is 1.96 bits per heavy atom. The summed E-state index contributed by atoms with van der Waals surface area (Å²) >= 11 is 0. The number of benzene rings is 1. The maximum Gasteiger partial charge on any atom is 0.251 e. The summed E-state index contributed by atoms with van der Waals surface area (Å²) in [5.41, 5.74) is 1.48. The fourth-order valence-electron chi connectivity index (χ4n) is 3.16. The van der Waals surface area contributed by atoms with Crippen molar-refractivity contribution in [2.24, 2.45) is 0 Å². The molecular weight excluding hydrogens is 330 g/mol.